The quantitative estimate of drug-likeness (QED) is 0.241. The molecule has 0 unspecified atom stereocenters. The lowest BCUT2D eigenvalue weighted by atomic mass is 9.82. The normalized spacial score (nSPS) is 14.6. The number of aromatic nitrogens is 1. The van der Waals surface area contributed by atoms with Gasteiger partial charge in [-0.3, -0.25) is 14.5 Å². The van der Waals surface area contributed by atoms with Gasteiger partial charge in [0, 0.05) is 44.6 Å². The van der Waals surface area contributed by atoms with Crippen LogP contribution in [-0.2, 0) is 10.8 Å². The Balaban J connectivity index is 1.80. The van der Waals surface area contributed by atoms with Gasteiger partial charge in [0.15, 0.2) is 0 Å². The first-order valence-corrected chi connectivity index (χ1v) is 14.2. The maximum atomic E-state index is 13.3. The molecule has 194 valence electrons. The zero-order chi connectivity index (χ0) is 27.0. The number of thiophene rings is 1. The van der Waals surface area contributed by atoms with Crippen LogP contribution in [0.3, 0.4) is 0 Å². The van der Waals surface area contributed by atoms with Crippen molar-refractivity contribution in [2.45, 2.75) is 85.1 Å². The van der Waals surface area contributed by atoms with E-state index >= 15 is 0 Å². The molecule has 0 saturated heterocycles. The van der Waals surface area contributed by atoms with Gasteiger partial charge in [0.2, 0.25) is 0 Å². The van der Waals surface area contributed by atoms with Crippen molar-refractivity contribution >= 4 is 45.0 Å². The fourth-order valence-electron chi connectivity index (χ4n) is 5.48. The summed E-state index contributed by atoms with van der Waals surface area (Å²) in [4.78, 5) is 29.6. The summed E-state index contributed by atoms with van der Waals surface area (Å²) in [7, 11) is 1.59. The van der Waals surface area contributed by atoms with Crippen molar-refractivity contribution in [3.05, 3.63) is 58.0 Å². The molecule has 2 aromatic carbocycles. The van der Waals surface area contributed by atoms with Gasteiger partial charge in [-0.1, -0.05) is 65.8 Å². The van der Waals surface area contributed by atoms with Crippen molar-refractivity contribution in [3.8, 4) is 10.4 Å². The Kier molecular flexibility index (Phi) is 5.95. The molecule has 0 spiro atoms. The van der Waals surface area contributed by atoms with Crippen LogP contribution in [0, 0.1) is 0 Å². The summed E-state index contributed by atoms with van der Waals surface area (Å²) in [6.45, 7) is 17.8. The lowest BCUT2D eigenvalue weighted by Crippen LogP contribution is -2.26. The van der Waals surface area contributed by atoms with Crippen molar-refractivity contribution in [1.29, 1.82) is 0 Å². The Morgan fingerprint density at radius 2 is 1.38 bits per heavy atom. The van der Waals surface area contributed by atoms with E-state index in [1.165, 1.54) is 26.8 Å². The first kappa shape index (κ1) is 25.7. The Hall–Kier alpha value is -2.92. The highest BCUT2D eigenvalue weighted by molar-refractivity contribution is 7.16. The predicted molar refractivity (Wildman–Crippen MR) is 156 cm³/mol. The minimum absolute atomic E-state index is 0.108. The average molecular weight is 515 g/mol. The zero-order valence-electron chi connectivity index (χ0n) is 23.6. The maximum Gasteiger partial charge on any atom is 0.262 e. The first-order chi connectivity index (χ1) is 17.3. The number of imide groups is 1. The molecule has 3 heterocycles. The second-order valence-electron chi connectivity index (χ2n) is 12.1. The van der Waals surface area contributed by atoms with Crippen LogP contribution in [0.5, 0.6) is 0 Å². The highest BCUT2D eigenvalue weighted by atomic mass is 32.1. The number of hydrogen-bond acceptors (Lipinski definition) is 3. The number of rotatable bonds is 6. The molecule has 0 saturated carbocycles. The SMILES string of the molecule is CCC(C)(C)c1ccc2c3ccc(-c4sc(C(C)(C)CC)c5c4C(=O)N(C)C5=O)cc3n(C(C)C)c2c1. The number of carbonyl (C=O) groups excluding carboxylic acids is 2. The van der Waals surface area contributed by atoms with E-state index in [-0.39, 0.29) is 28.7 Å². The van der Waals surface area contributed by atoms with E-state index in [0.29, 0.717) is 11.1 Å². The summed E-state index contributed by atoms with van der Waals surface area (Å²) in [6, 6.07) is 13.7. The highest BCUT2D eigenvalue weighted by Crippen LogP contribution is 2.48. The summed E-state index contributed by atoms with van der Waals surface area (Å²) in [5.74, 6) is -0.372. The summed E-state index contributed by atoms with van der Waals surface area (Å²) in [6.07, 6.45) is 1.97. The Morgan fingerprint density at radius 1 is 0.811 bits per heavy atom. The van der Waals surface area contributed by atoms with E-state index in [1.54, 1.807) is 18.4 Å². The van der Waals surface area contributed by atoms with Crippen LogP contribution in [0.4, 0.5) is 0 Å². The predicted octanol–water partition coefficient (Wildman–Crippen LogP) is 8.70. The van der Waals surface area contributed by atoms with E-state index in [4.69, 9.17) is 0 Å². The first-order valence-electron chi connectivity index (χ1n) is 13.4. The van der Waals surface area contributed by atoms with Crippen LogP contribution < -0.4 is 0 Å². The van der Waals surface area contributed by atoms with Crippen molar-refractivity contribution in [1.82, 2.24) is 9.47 Å². The smallest absolute Gasteiger partial charge is 0.262 e. The average Bonchev–Trinajstić information content (AvgIpc) is 3.49. The molecule has 5 rings (SSSR count). The number of nitrogens with zero attached hydrogens (tertiary/aromatic N) is 2. The van der Waals surface area contributed by atoms with Crippen LogP contribution in [0.2, 0.25) is 0 Å². The Labute approximate surface area is 224 Å². The second kappa shape index (κ2) is 8.56. The van der Waals surface area contributed by atoms with E-state index in [2.05, 4.69) is 96.4 Å². The van der Waals surface area contributed by atoms with Crippen molar-refractivity contribution in [3.63, 3.8) is 0 Å². The molecule has 5 heteroatoms. The molecule has 37 heavy (non-hydrogen) atoms. The third kappa shape index (κ3) is 3.69. The molecular formula is C32H38N2O2S. The lowest BCUT2D eigenvalue weighted by molar-refractivity contribution is 0.0692. The van der Waals surface area contributed by atoms with E-state index in [9.17, 15) is 9.59 Å². The lowest BCUT2D eigenvalue weighted by Gasteiger charge is -2.24. The van der Waals surface area contributed by atoms with E-state index < -0.39 is 0 Å². The number of carbonyl (C=O) groups is 2. The third-order valence-electron chi connectivity index (χ3n) is 8.69. The largest absolute Gasteiger partial charge is 0.338 e. The zero-order valence-corrected chi connectivity index (χ0v) is 24.4. The Bertz CT molecular complexity index is 1580. The Morgan fingerprint density at radius 3 is 1.97 bits per heavy atom. The summed E-state index contributed by atoms with van der Waals surface area (Å²) >= 11 is 1.62. The molecule has 4 nitrogen and oxygen atoms in total. The van der Waals surface area contributed by atoms with Gasteiger partial charge in [-0.05, 0) is 60.8 Å². The van der Waals surface area contributed by atoms with Gasteiger partial charge < -0.3 is 4.57 Å². The molecule has 0 radical (unpaired) electrons. The van der Waals surface area contributed by atoms with Crippen LogP contribution in [0.1, 0.15) is 105 Å². The summed E-state index contributed by atoms with van der Waals surface area (Å²) < 4.78 is 2.42. The summed E-state index contributed by atoms with van der Waals surface area (Å²) in [5, 5.41) is 2.47. The second-order valence-corrected chi connectivity index (χ2v) is 13.1. The molecule has 4 aromatic rings. The van der Waals surface area contributed by atoms with Gasteiger partial charge in [0.25, 0.3) is 11.8 Å². The molecule has 1 aliphatic heterocycles. The third-order valence-corrected chi connectivity index (χ3v) is 10.3. The molecule has 2 amide bonds. The molecule has 0 aliphatic carbocycles. The molecule has 1 aliphatic rings. The van der Waals surface area contributed by atoms with Crippen molar-refractivity contribution in [2.75, 3.05) is 7.05 Å². The monoisotopic (exact) mass is 514 g/mol. The minimum atomic E-state index is -0.194. The number of benzene rings is 2. The van der Waals surface area contributed by atoms with Gasteiger partial charge in [-0.25, -0.2) is 0 Å². The fraction of sp³-hybridized carbons (Fsp3) is 0.438. The van der Waals surface area contributed by atoms with E-state index in [1.807, 2.05) is 0 Å². The molecule has 0 bridgehead atoms. The standard InChI is InChI=1S/C32H38N2O2S/c1-10-31(5,6)20-13-15-22-21-14-12-19(16-23(21)34(18(3)4)24(22)17-20)27-25-26(30(36)33(9)29(25)35)28(37-27)32(7,8)11-2/h12-18H,10-11H2,1-9H3. The molecular weight excluding hydrogens is 476 g/mol. The molecule has 0 N–H and O–H groups in total. The van der Waals surface area contributed by atoms with Gasteiger partial charge in [0.1, 0.15) is 0 Å². The van der Waals surface area contributed by atoms with Gasteiger partial charge in [0.05, 0.1) is 11.1 Å². The van der Waals surface area contributed by atoms with Crippen molar-refractivity contribution in [2.24, 2.45) is 0 Å². The molecule has 0 atom stereocenters. The topological polar surface area (TPSA) is 42.3 Å². The van der Waals surface area contributed by atoms with Crippen LogP contribution in [-0.4, -0.2) is 28.3 Å². The highest BCUT2D eigenvalue weighted by Gasteiger charge is 2.43. The fourth-order valence-corrected chi connectivity index (χ4v) is 6.93. The van der Waals surface area contributed by atoms with Crippen molar-refractivity contribution < 1.29 is 9.59 Å². The summed E-state index contributed by atoms with van der Waals surface area (Å²) in [5.41, 5.74) is 5.87. The minimum Gasteiger partial charge on any atom is -0.338 e. The van der Waals surface area contributed by atoms with Gasteiger partial charge >= 0.3 is 0 Å². The number of amides is 2. The number of hydrogen-bond donors (Lipinski definition) is 0. The van der Waals surface area contributed by atoms with Crippen LogP contribution in [0.15, 0.2) is 36.4 Å². The molecule has 0 fully saturated rings. The van der Waals surface area contributed by atoms with E-state index in [0.717, 1.165) is 33.7 Å². The van der Waals surface area contributed by atoms with Gasteiger partial charge in [-0.2, -0.15) is 0 Å². The molecule has 2 aromatic heterocycles. The van der Waals surface area contributed by atoms with Crippen LogP contribution >= 0.6 is 11.3 Å². The van der Waals surface area contributed by atoms with Crippen LogP contribution in [0.25, 0.3) is 32.2 Å². The maximum absolute atomic E-state index is 13.3. The number of fused-ring (bicyclic) bond motifs is 4. The van der Waals surface area contributed by atoms with Gasteiger partial charge in [-0.15, -0.1) is 11.3 Å².